The average Bonchev–Trinajstić information content (AvgIpc) is 2.81. The van der Waals surface area contributed by atoms with Crippen LogP contribution in [0.2, 0.25) is 0 Å². The maximum absolute atomic E-state index is 12.4. The lowest BCUT2D eigenvalue weighted by molar-refractivity contribution is 0.475. The first-order valence-electron chi connectivity index (χ1n) is 5.81. The molecule has 0 amide bonds. The summed E-state index contributed by atoms with van der Waals surface area (Å²) < 4.78 is 12.4. The smallest absolute Gasteiger partial charge is 0.116 e. The highest BCUT2D eigenvalue weighted by Gasteiger charge is 2.16. The van der Waals surface area contributed by atoms with Crippen LogP contribution in [0.5, 0.6) is 5.75 Å². The Hall–Kier alpha value is -2.16. The van der Waals surface area contributed by atoms with E-state index in [9.17, 15) is 9.50 Å². The predicted octanol–water partition coefficient (Wildman–Crippen LogP) is 3.54. The monoisotopic (exact) mass is 241 g/mol. The van der Waals surface area contributed by atoms with Crippen molar-refractivity contribution in [1.82, 2.24) is 0 Å². The molecule has 90 valence electrons. The Morgan fingerprint density at radius 3 is 2.61 bits per heavy atom. The third kappa shape index (κ3) is 1.88. The van der Waals surface area contributed by atoms with Crippen LogP contribution in [0, 0.1) is 0 Å². The van der Waals surface area contributed by atoms with E-state index in [1.807, 2.05) is 18.2 Å². The van der Waals surface area contributed by atoms with Crippen LogP contribution in [-0.4, -0.2) is 10.8 Å². The van der Waals surface area contributed by atoms with E-state index in [2.05, 4.69) is 4.99 Å². The van der Waals surface area contributed by atoms with Gasteiger partial charge in [0.05, 0.1) is 11.4 Å². The highest BCUT2D eigenvalue weighted by molar-refractivity contribution is 6.06. The summed E-state index contributed by atoms with van der Waals surface area (Å²) in [5.74, 6) is 0.262. The molecule has 0 unspecified atom stereocenters. The molecule has 3 rings (SSSR count). The van der Waals surface area contributed by atoms with Gasteiger partial charge < -0.3 is 5.11 Å². The number of nitrogens with zero attached hydrogens (tertiary/aromatic N) is 1. The van der Waals surface area contributed by atoms with E-state index in [0.29, 0.717) is 12.0 Å². The summed E-state index contributed by atoms with van der Waals surface area (Å²) in [6, 6.07) is 12.5. The van der Waals surface area contributed by atoms with E-state index in [4.69, 9.17) is 0 Å². The number of fused-ring (bicyclic) bond motifs is 1. The Bertz CT molecular complexity index is 617. The fraction of sp³-hybridized carbons (Fsp3) is 0.133. The molecule has 0 fully saturated rings. The Labute approximate surface area is 104 Å². The van der Waals surface area contributed by atoms with Gasteiger partial charge in [-0.15, -0.1) is 0 Å². The Kier molecular flexibility index (Phi) is 2.59. The SMILES string of the molecule is Oc1ccc2c(c1)CC(c1ccc(CF)cc1)=N2. The molecular formula is C15H12FNO. The number of alkyl halides is 1. The number of halogens is 1. The van der Waals surface area contributed by atoms with Gasteiger partial charge in [0, 0.05) is 6.42 Å². The van der Waals surface area contributed by atoms with Gasteiger partial charge in [0.2, 0.25) is 0 Å². The van der Waals surface area contributed by atoms with Crippen LogP contribution in [0.3, 0.4) is 0 Å². The fourth-order valence-electron chi connectivity index (χ4n) is 2.14. The van der Waals surface area contributed by atoms with Crippen LogP contribution in [0.15, 0.2) is 47.5 Å². The molecule has 1 N–H and O–H groups in total. The number of hydrogen-bond donors (Lipinski definition) is 1. The van der Waals surface area contributed by atoms with Crippen molar-refractivity contribution in [1.29, 1.82) is 0 Å². The van der Waals surface area contributed by atoms with Crippen molar-refractivity contribution in [3.05, 3.63) is 59.2 Å². The van der Waals surface area contributed by atoms with Crippen molar-refractivity contribution in [2.24, 2.45) is 4.99 Å². The summed E-state index contributed by atoms with van der Waals surface area (Å²) in [7, 11) is 0. The van der Waals surface area contributed by atoms with Gasteiger partial charge in [0.1, 0.15) is 12.4 Å². The minimum Gasteiger partial charge on any atom is -0.508 e. The molecule has 0 radical (unpaired) electrons. The van der Waals surface area contributed by atoms with Crippen LogP contribution in [0.25, 0.3) is 0 Å². The van der Waals surface area contributed by atoms with E-state index in [-0.39, 0.29) is 5.75 Å². The number of phenols is 1. The van der Waals surface area contributed by atoms with Gasteiger partial charge in [-0.2, -0.15) is 0 Å². The second-order valence-corrected chi connectivity index (χ2v) is 4.38. The molecule has 0 aliphatic carbocycles. The van der Waals surface area contributed by atoms with E-state index >= 15 is 0 Å². The van der Waals surface area contributed by atoms with Crippen molar-refractivity contribution >= 4 is 11.4 Å². The molecule has 2 aromatic rings. The Morgan fingerprint density at radius 1 is 1.11 bits per heavy atom. The molecule has 0 spiro atoms. The van der Waals surface area contributed by atoms with Gasteiger partial charge in [0.15, 0.2) is 0 Å². The van der Waals surface area contributed by atoms with Crippen LogP contribution >= 0.6 is 0 Å². The zero-order valence-corrected chi connectivity index (χ0v) is 9.73. The number of benzene rings is 2. The Balaban J connectivity index is 1.92. The van der Waals surface area contributed by atoms with Crippen LogP contribution < -0.4 is 0 Å². The van der Waals surface area contributed by atoms with Crippen molar-refractivity contribution in [3.8, 4) is 5.75 Å². The van der Waals surface area contributed by atoms with E-state index < -0.39 is 6.67 Å². The number of phenolic OH excluding ortho intramolecular Hbond substituents is 1. The molecule has 1 heterocycles. The zero-order valence-electron chi connectivity index (χ0n) is 9.73. The molecule has 0 aromatic heterocycles. The Morgan fingerprint density at radius 2 is 1.89 bits per heavy atom. The first kappa shape index (κ1) is 11.0. The largest absolute Gasteiger partial charge is 0.508 e. The highest BCUT2D eigenvalue weighted by Crippen LogP contribution is 2.31. The van der Waals surface area contributed by atoms with Crippen LogP contribution in [0.1, 0.15) is 16.7 Å². The average molecular weight is 241 g/mol. The summed E-state index contributed by atoms with van der Waals surface area (Å²) in [6.07, 6.45) is 0.707. The number of hydrogen-bond acceptors (Lipinski definition) is 2. The molecule has 3 heteroatoms. The second-order valence-electron chi connectivity index (χ2n) is 4.38. The zero-order chi connectivity index (χ0) is 12.5. The van der Waals surface area contributed by atoms with Crippen LogP contribution in [0.4, 0.5) is 10.1 Å². The third-order valence-corrected chi connectivity index (χ3v) is 3.12. The first-order valence-corrected chi connectivity index (χ1v) is 5.81. The minimum absolute atomic E-state index is 0.262. The van der Waals surface area contributed by atoms with Gasteiger partial charge in [0.25, 0.3) is 0 Å². The van der Waals surface area contributed by atoms with Gasteiger partial charge in [-0.05, 0) is 34.9 Å². The van der Waals surface area contributed by atoms with Crippen LogP contribution in [-0.2, 0) is 13.1 Å². The van der Waals surface area contributed by atoms with E-state index in [1.54, 1.807) is 24.3 Å². The molecule has 2 nitrogen and oxygen atoms in total. The van der Waals surface area contributed by atoms with E-state index in [1.165, 1.54) is 0 Å². The quantitative estimate of drug-likeness (QED) is 0.857. The van der Waals surface area contributed by atoms with Gasteiger partial charge in [-0.25, -0.2) is 4.39 Å². The maximum Gasteiger partial charge on any atom is 0.116 e. The summed E-state index contributed by atoms with van der Waals surface area (Å²) in [4.78, 5) is 4.53. The van der Waals surface area contributed by atoms with Crippen molar-refractivity contribution < 1.29 is 9.50 Å². The first-order chi connectivity index (χ1) is 8.76. The molecule has 0 bridgehead atoms. The van der Waals surface area contributed by atoms with Gasteiger partial charge >= 0.3 is 0 Å². The normalized spacial score (nSPS) is 13.3. The predicted molar refractivity (Wildman–Crippen MR) is 69.3 cm³/mol. The highest BCUT2D eigenvalue weighted by atomic mass is 19.1. The summed E-state index contributed by atoms with van der Waals surface area (Å²) >= 11 is 0. The lowest BCUT2D eigenvalue weighted by Crippen LogP contribution is -2.00. The number of rotatable bonds is 2. The number of aromatic hydroxyl groups is 1. The molecule has 1 aliphatic rings. The molecule has 0 saturated carbocycles. The maximum atomic E-state index is 12.4. The van der Waals surface area contributed by atoms with Crippen molar-refractivity contribution in [2.45, 2.75) is 13.1 Å². The summed E-state index contributed by atoms with van der Waals surface area (Å²) in [6.45, 7) is -0.444. The van der Waals surface area contributed by atoms with Gasteiger partial charge in [-0.3, -0.25) is 4.99 Å². The van der Waals surface area contributed by atoms with Crippen molar-refractivity contribution in [3.63, 3.8) is 0 Å². The molecule has 0 saturated heterocycles. The topological polar surface area (TPSA) is 32.6 Å². The van der Waals surface area contributed by atoms with Gasteiger partial charge in [-0.1, -0.05) is 24.3 Å². The summed E-state index contributed by atoms with van der Waals surface area (Å²) in [5.41, 5.74) is 4.56. The third-order valence-electron chi connectivity index (χ3n) is 3.12. The lowest BCUT2D eigenvalue weighted by Gasteiger charge is -2.01. The standard InChI is InChI=1S/C15H12FNO/c16-9-10-1-3-11(4-2-10)15-8-12-7-13(18)5-6-14(12)17-15/h1-7,18H,8-9H2. The molecular weight excluding hydrogens is 229 g/mol. The molecule has 1 aliphatic heterocycles. The summed E-state index contributed by atoms with van der Waals surface area (Å²) in [5, 5.41) is 9.43. The second kappa shape index (κ2) is 4.26. The fourth-order valence-corrected chi connectivity index (χ4v) is 2.14. The molecule has 2 aromatic carbocycles. The van der Waals surface area contributed by atoms with E-state index in [0.717, 1.165) is 22.5 Å². The lowest BCUT2D eigenvalue weighted by atomic mass is 10.0. The number of aliphatic imine (C=N–C) groups is 1. The molecule has 18 heavy (non-hydrogen) atoms. The minimum atomic E-state index is -0.444. The van der Waals surface area contributed by atoms with Crippen molar-refractivity contribution in [2.75, 3.05) is 0 Å². The molecule has 0 atom stereocenters.